The van der Waals surface area contributed by atoms with Crippen molar-refractivity contribution in [2.75, 3.05) is 25.0 Å². The summed E-state index contributed by atoms with van der Waals surface area (Å²) in [6.45, 7) is 5.36. The van der Waals surface area contributed by atoms with Gasteiger partial charge in [0.2, 0.25) is 0 Å². The highest BCUT2D eigenvalue weighted by Crippen LogP contribution is 2.39. The van der Waals surface area contributed by atoms with E-state index < -0.39 is 0 Å². The Morgan fingerprint density at radius 3 is 2.44 bits per heavy atom. The molecule has 2 fully saturated rings. The Morgan fingerprint density at radius 1 is 1.02 bits per heavy atom. The average molecular weight is 546 g/mol. The number of fused-ring (bicyclic) bond motifs is 1. The minimum absolute atomic E-state index is 0.246. The summed E-state index contributed by atoms with van der Waals surface area (Å²) in [6.07, 6.45) is 7.84. The molecule has 8 heteroatoms. The molecule has 0 atom stereocenters. The number of ketones is 1. The number of pyridine rings is 1. The third-order valence-electron chi connectivity index (χ3n) is 8.32. The van der Waals surface area contributed by atoms with E-state index in [4.69, 9.17) is 21.4 Å². The molecular formula is C33H35N7O. The van der Waals surface area contributed by atoms with Gasteiger partial charge in [-0.15, -0.1) is 0 Å². The average Bonchev–Trinajstić information content (AvgIpc) is 3.37. The molecule has 2 aliphatic rings. The van der Waals surface area contributed by atoms with E-state index in [1.807, 2.05) is 28.8 Å². The third kappa shape index (κ3) is 4.95. The maximum atomic E-state index is 11.8. The van der Waals surface area contributed by atoms with Gasteiger partial charge in [-0.1, -0.05) is 36.9 Å². The van der Waals surface area contributed by atoms with Gasteiger partial charge < -0.3 is 16.4 Å². The molecular weight excluding hydrogens is 510 g/mol. The topological polar surface area (TPSA) is 115 Å². The predicted octanol–water partition coefficient (Wildman–Crippen LogP) is 5.15. The lowest BCUT2D eigenvalue weighted by Crippen LogP contribution is -2.43. The number of benzene rings is 2. The van der Waals surface area contributed by atoms with Gasteiger partial charge in [-0.25, -0.2) is 9.97 Å². The molecule has 4 aromatic rings. The maximum Gasteiger partial charge on any atom is 0.165 e. The third-order valence-corrected chi connectivity index (χ3v) is 8.32. The molecule has 2 aromatic carbocycles. The highest BCUT2D eigenvalue weighted by molar-refractivity contribution is 6.21. The highest BCUT2D eigenvalue weighted by atomic mass is 16.1. The summed E-state index contributed by atoms with van der Waals surface area (Å²) in [4.78, 5) is 28.4. The molecule has 6 rings (SSSR count). The molecule has 1 aliphatic carbocycles. The van der Waals surface area contributed by atoms with Gasteiger partial charge in [0, 0.05) is 55.5 Å². The molecule has 0 bridgehead atoms. The smallest absolute Gasteiger partial charge is 0.165 e. The van der Waals surface area contributed by atoms with E-state index in [0.717, 1.165) is 66.1 Å². The number of aliphatic imine (C=N–C) groups is 1. The van der Waals surface area contributed by atoms with Crippen molar-refractivity contribution >= 4 is 34.0 Å². The number of piperidine rings is 1. The van der Waals surface area contributed by atoms with Crippen molar-refractivity contribution in [1.29, 1.82) is 0 Å². The van der Waals surface area contributed by atoms with Gasteiger partial charge in [0.25, 0.3) is 0 Å². The Labute approximate surface area is 240 Å². The molecule has 3 heterocycles. The highest BCUT2D eigenvalue weighted by Gasteiger charge is 2.34. The Hall–Kier alpha value is -4.56. The van der Waals surface area contributed by atoms with Gasteiger partial charge in [0.1, 0.15) is 17.1 Å². The van der Waals surface area contributed by atoms with Crippen LogP contribution in [0.3, 0.4) is 0 Å². The van der Waals surface area contributed by atoms with Gasteiger partial charge in [0.15, 0.2) is 11.5 Å². The number of rotatable bonds is 7. The fourth-order valence-electron chi connectivity index (χ4n) is 5.72. The quantitative estimate of drug-likeness (QED) is 0.189. The fourth-order valence-corrected chi connectivity index (χ4v) is 5.72. The van der Waals surface area contributed by atoms with E-state index in [1.165, 1.54) is 0 Å². The zero-order chi connectivity index (χ0) is 28.6. The lowest BCUT2D eigenvalue weighted by Gasteiger charge is -2.38. The lowest BCUT2D eigenvalue weighted by atomic mass is 9.73. The number of hydrogen-bond donors (Lipinski definition) is 2. The normalized spacial score (nSPS) is 17.5. The van der Waals surface area contributed by atoms with Crippen LogP contribution in [0.2, 0.25) is 0 Å². The first kappa shape index (κ1) is 26.7. The van der Waals surface area contributed by atoms with Crippen LogP contribution in [0.1, 0.15) is 43.5 Å². The first-order valence-electron chi connectivity index (χ1n) is 14.1. The Kier molecular flexibility index (Phi) is 7.01. The molecule has 0 amide bonds. The summed E-state index contributed by atoms with van der Waals surface area (Å²) in [5.41, 5.74) is 19.8. The summed E-state index contributed by atoms with van der Waals surface area (Å²) in [6, 6.07) is 20.7. The second-order valence-corrected chi connectivity index (χ2v) is 10.9. The first-order chi connectivity index (χ1) is 19.9. The number of Topliss-reactive ketones (excluding diaryl/α,β-unsaturated/α-hetero) is 1. The van der Waals surface area contributed by atoms with Crippen LogP contribution in [0.15, 0.2) is 84.4 Å². The zero-order valence-electron chi connectivity index (χ0n) is 23.4. The maximum absolute atomic E-state index is 11.8. The molecule has 1 saturated heterocycles. The Morgan fingerprint density at radius 2 is 1.78 bits per heavy atom. The number of nitrogens with zero attached hydrogens (tertiary/aromatic N) is 5. The molecule has 2 aromatic heterocycles. The van der Waals surface area contributed by atoms with Crippen molar-refractivity contribution in [3.8, 4) is 16.9 Å². The van der Waals surface area contributed by atoms with Gasteiger partial charge in [-0.3, -0.25) is 14.4 Å². The SMILES string of the molecule is C=C/C=C(\C(N)=NC)c1nc2ccc(-c3cccc(N4CCC(=O)CC4)c3)nc2n1-c1ccc(C2(N)CCC2)cc1. The van der Waals surface area contributed by atoms with Crippen molar-refractivity contribution in [3.05, 3.63) is 90.8 Å². The fraction of sp³-hybridized carbons (Fsp3) is 0.273. The molecule has 0 unspecified atom stereocenters. The standard InChI is InChI=1S/C33H35N7O/c1-3-6-27(30(34)36-2)31-38-29-14-13-28(22-7-4-8-25(21-22)39-19-15-26(41)16-20-39)37-32(29)40(31)24-11-9-23(10-12-24)33(35)17-5-18-33/h3-4,6-14,21H,1,5,15-20,35H2,2H3,(H2,34,36)/b27-6+. The van der Waals surface area contributed by atoms with Gasteiger partial charge >= 0.3 is 0 Å². The van der Waals surface area contributed by atoms with E-state index in [-0.39, 0.29) is 5.54 Å². The summed E-state index contributed by atoms with van der Waals surface area (Å²) < 4.78 is 2.03. The number of anilines is 1. The summed E-state index contributed by atoms with van der Waals surface area (Å²) in [7, 11) is 1.66. The van der Waals surface area contributed by atoms with E-state index in [2.05, 4.69) is 58.9 Å². The van der Waals surface area contributed by atoms with Gasteiger partial charge in [-0.2, -0.15) is 0 Å². The molecule has 208 valence electrons. The minimum atomic E-state index is -0.246. The first-order valence-corrected chi connectivity index (χ1v) is 14.1. The second kappa shape index (κ2) is 10.8. The number of aromatic nitrogens is 3. The van der Waals surface area contributed by atoms with Gasteiger partial charge in [0.05, 0.1) is 11.3 Å². The van der Waals surface area contributed by atoms with Crippen molar-refractivity contribution < 1.29 is 4.79 Å². The number of nitrogens with two attached hydrogens (primary N) is 2. The van der Waals surface area contributed by atoms with E-state index >= 15 is 0 Å². The van der Waals surface area contributed by atoms with Crippen LogP contribution in [0.5, 0.6) is 0 Å². The van der Waals surface area contributed by atoms with Crippen molar-refractivity contribution in [2.45, 2.75) is 37.6 Å². The van der Waals surface area contributed by atoms with Crippen LogP contribution in [0, 0.1) is 0 Å². The lowest BCUT2D eigenvalue weighted by molar-refractivity contribution is -0.119. The largest absolute Gasteiger partial charge is 0.383 e. The van der Waals surface area contributed by atoms with Crippen molar-refractivity contribution in [2.24, 2.45) is 16.5 Å². The Bertz CT molecular complexity index is 1680. The van der Waals surface area contributed by atoms with Crippen molar-refractivity contribution in [3.63, 3.8) is 0 Å². The number of carbonyl (C=O) groups excluding carboxylic acids is 1. The number of carbonyl (C=O) groups is 1. The predicted molar refractivity (Wildman–Crippen MR) is 166 cm³/mol. The van der Waals surface area contributed by atoms with E-state index in [0.29, 0.717) is 41.5 Å². The summed E-state index contributed by atoms with van der Waals surface area (Å²) in [5, 5.41) is 0. The minimum Gasteiger partial charge on any atom is -0.383 e. The van der Waals surface area contributed by atoms with Crippen LogP contribution < -0.4 is 16.4 Å². The molecule has 4 N–H and O–H groups in total. The molecule has 8 nitrogen and oxygen atoms in total. The van der Waals surface area contributed by atoms with E-state index in [1.54, 1.807) is 13.1 Å². The number of imidazole rings is 1. The molecule has 0 spiro atoms. The molecule has 1 aliphatic heterocycles. The Balaban J connectivity index is 1.48. The number of allylic oxidation sites excluding steroid dienone is 2. The summed E-state index contributed by atoms with van der Waals surface area (Å²) in [5.74, 6) is 1.33. The van der Waals surface area contributed by atoms with Crippen LogP contribution in [0.25, 0.3) is 33.7 Å². The molecule has 0 radical (unpaired) electrons. The van der Waals surface area contributed by atoms with Crippen LogP contribution in [0.4, 0.5) is 5.69 Å². The van der Waals surface area contributed by atoms with Gasteiger partial charge in [-0.05, 0) is 67.3 Å². The second-order valence-electron chi connectivity index (χ2n) is 10.9. The molecule has 1 saturated carbocycles. The van der Waals surface area contributed by atoms with Crippen LogP contribution in [-0.4, -0.2) is 46.3 Å². The number of amidine groups is 1. The zero-order valence-corrected chi connectivity index (χ0v) is 23.4. The van der Waals surface area contributed by atoms with Crippen LogP contribution >= 0.6 is 0 Å². The summed E-state index contributed by atoms with van der Waals surface area (Å²) >= 11 is 0. The number of hydrogen-bond acceptors (Lipinski definition) is 6. The monoisotopic (exact) mass is 545 g/mol. The van der Waals surface area contributed by atoms with E-state index in [9.17, 15) is 4.79 Å². The van der Waals surface area contributed by atoms with Crippen molar-refractivity contribution in [1.82, 2.24) is 14.5 Å². The molecule has 41 heavy (non-hydrogen) atoms. The van der Waals surface area contributed by atoms with Crippen LogP contribution in [-0.2, 0) is 10.3 Å².